The first-order valence-corrected chi connectivity index (χ1v) is 4.12. The Morgan fingerprint density at radius 2 is 2.25 bits per heavy atom. The van der Waals surface area contributed by atoms with Crippen molar-refractivity contribution in [3.63, 3.8) is 0 Å². The maximum atomic E-state index is 10.4. The van der Waals surface area contributed by atoms with Gasteiger partial charge in [0.05, 0.1) is 4.47 Å². The number of hydrogen-bond acceptors (Lipinski definition) is 2. The fourth-order valence-electron chi connectivity index (χ4n) is 0.797. The van der Waals surface area contributed by atoms with E-state index in [1.54, 1.807) is 6.07 Å². The lowest BCUT2D eigenvalue weighted by atomic mass is 10.2. The van der Waals surface area contributed by atoms with Crippen molar-refractivity contribution in [3.8, 4) is 5.75 Å². The van der Waals surface area contributed by atoms with Gasteiger partial charge in [0.1, 0.15) is 5.75 Å². The second-order valence-corrected chi connectivity index (χ2v) is 3.21. The molecular weight excluding hydrogens is 222 g/mol. The minimum absolute atomic E-state index is 0.438. The smallest absolute Gasteiger partial charge is 0.409 e. The lowest BCUT2D eigenvalue weighted by molar-refractivity contribution is 0.210. The zero-order valence-electron chi connectivity index (χ0n) is 6.50. The molecule has 1 aromatic rings. The largest absolute Gasteiger partial charge is 0.410 e. The molecule has 0 unspecified atom stereocenters. The Morgan fingerprint density at radius 1 is 1.58 bits per heavy atom. The normalized spacial score (nSPS) is 9.50. The molecule has 0 aliphatic heterocycles. The summed E-state index contributed by atoms with van der Waals surface area (Å²) in [6.45, 7) is 1.94. The Kier molecular flexibility index (Phi) is 2.70. The third-order valence-corrected chi connectivity index (χ3v) is 1.92. The van der Waals surface area contributed by atoms with E-state index in [-0.39, 0.29) is 0 Å². The summed E-state index contributed by atoms with van der Waals surface area (Å²) < 4.78 is 5.42. The van der Waals surface area contributed by atoms with Crippen molar-refractivity contribution in [2.24, 2.45) is 5.73 Å². The number of amides is 1. The third-order valence-electron chi connectivity index (χ3n) is 1.30. The van der Waals surface area contributed by atoms with Gasteiger partial charge in [0.2, 0.25) is 0 Å². The van der Waals surface area contributed by atoms with Gasteiger partial charge < -0.3 is 10.5 Å². The highest BCUT2D eigenvalue weighted by Gasteiger charge is 2.03. The molecule has 1 amide bonds. The van der Waals surface area contributed by atoms with Crippen molar-refractivity contribution < 1.29 is 9.53 Å². The minimum Gasteiger partial charge on any atom is -0.409 e. The molecule has 3 nitrogen and oxygen atoms in total. The molecule has 12 heavy (non-hydrogen) atoms. The van der Waals surface area contributed by atoms with E-state index in [2.05, 4.69) is 15.9 Å². The van der Waals surface area contributed by atoms with Gasteiger partial charge >= 0.3 is 6.09 Å². The predicted octanol–water partition coefficient (Wildman–Crippen LogP) is 2.22. The van der Waals surface area contributed by atoms with Crippen LogP contribution in [0.2, 0.25) is 0 Å². The van der Waals surface area contributed by atoms with Crippen LogP contribution in [-0.2, 0) is 0 Å². The molecule has 1 rings (SSSR count). The Bertz CT molecular complexity index is 312. The summed E-state index contributed by atoms with van der Waals surface area (Å²) in [5.41, 5.74) is 5.93. The number of halogens is 1. The molecule has 64 valence electrons. The van der Waals surface area contributed by atoms with E-state index in [0.29, 0.717) is 5.75 Å². The number of aryl methyl sites for hydroxylation is 1. The number of carbonyl (C=O) groups is 1. The summed E-state index contributed by atoms with van der Waals surface area (Å²) >= 11 is 3.24. The highest BCUT2D eigenvalue weighted by atomic mass is 79.9. The van der Waals surface area contributed by atoms with Gasteiger partial charge in [-0.15, -0.1) is 0 Å². The Labute approximate surface area is 78.6 Å². The van der Waals surface area contributed by atoms with Crippen molar-refractivity contribution in [1.29, 1.82) is 0 Å². The molecule has 0 heterocycles. The van der Waals surface area contributed by atoms with Gasteiger partial charge in [-0.25, -0.2) is 4.79 Å². The summed E-state index contributed by atoms with van der Waals surface area (Å²) in [5, 5.41) is 0. The molecule has 0 radical (unpaired) electrons. The molecule has 0 saturated heterocycles. The molecule has 0 saturated carbocycles. The van der Waals surface area contributed by atoms with Crippen LogP contribution in [0.25, 0.3) is 0 Å². The summed E-state index contributed by atoms with van der Waals surface area (Å²) in [6, 6.07) is 5.37. The van der Waals surface area contributed by atoms with Crippen LogP contribution in [0.5, 0.6) is 5.75 Å². The number of carbonyl (C=O) groups excluding carboxylic acids is 1. The third kappa shape index (κ3) is 2.23. The highest BCUT2D eigenvalue weighted by molar-refractivity contribution is 9.10. The summed E-state index contributed by atoms with van der Waals surface area (Å²) in [4.78, 5) is 10.4. The Morgan fingerprint density at radius 3 is 2.75 bits per heavy atom. The number of rotatable bonds is 1. The van der Waals surface area contributed by atoms with Crippen LogP contribution in [-0.4, -0.2) is 6.09 Å². The van der Waals surface area contributed by atoms with Crippen molar-refractivity contribution in [1.82, 2.24) is 0 Å². The van der Waals surface area contributed by atoms with E-state index in [9.17, 15) is 4.79 Å². The van der Waals surface area contributed by atoms with E-state index in [0.717, 1.165) is 10.0 Å². The van der Waals surface area contributed by atoms with Crippen LogP contribution in [0.3, 0.4) is 0 Å². The van der Waals surface area contributed by atoms with Gasteiger partial charge in [-0.2, -0.15) is 0 Å². The number of primary amides is 1. The lowest BCUT2D eigenvalue weighted by Crippen LogP contribution is -2.16. The van der Waals surface area contributed by atoms with Crippen LogP contribution in [0.15, 0.2) is 22.7 Å². The molecule has 4 heteroatoms. The molecule has 0 spiro atoms. The highest BCUT2D eigenvalue weighted by Crippen LogP contribution is 2.25. The van der Waals surface area contributed by atoms with Crippen LogP contribution >= 0.6 is 15.9 Å². The SMILES string of the molecule is Cc1ccc(OC(N)=O)c(Br)c1. The quantitative estimate of drug-likeness (QED) is 0.803. The Hall–Kier alpha value is -1.03. The number of ether oxygens (including phenoxy) is 1. The molecule has 0 aliphatic carbocycles. The number of hydrogen-bond donors (Lipinski definition) is 1. The topological polar surface area (TPSA) is 52.3 Å². The number of benzene rings is 1. The molecule has 0 atom stereocenters. The van der Waals surface area contributed by atoms with Crippen LogP contribution < -0.4 is 10.5 Å². The summed E-state index contributed by atoms with van der Waals surface area (Å²) in [6.07, 6.45) is -0.806. The Balaban J connectivity index is 2.93. The fraction of sp³-hybridized carbons (Fsp3) is 0.125. The first-order valence-electron chi connectivity index (χ1n) is 3.33. The van der Waals surface area contributed by atoms with E-state index < -0.39 is 6.09 Å². The van der Waals surface area contributed by atoms with Gasteiger partial charge in [-0.05, 0) is 40.5 Å². The maximum absolute atomic E-state index is 10.4. The first kappa shape index (κ1) is 9.06. The average Bonchev–Trinajstić information content (AvgIpc) is 1.94. The van der Waals surface area contributed by atoms with Crippen LogP contribution in [0.1, 0.15) is 5.56 Å². The van der Waals surface area contributed by atoms with Gasteiger partial charge in [0.25, 0.3) is 0 Å². The molecule has 0 fully saturated rings. The maximum Gasteiger partial charge on any atom is 0.410 e. The molecule has 0 aliphatic rings. The van der Waals surface area contributed by atoms with Gasteiger partial charge in [0, 0.05) is 0 Å². The first-order chi connectivity index (χ1) is 5.59. The van der Waals surface area contributed by atoms with Gasteiger partial charge in [-0.1, -0.05) is 6.07 Å². The van der Waals surface area contributed by atoms with Crippen molar-refractivity contribution >= 4 is 22.0 Å². The molecule has 0 aromatic heterocycles. The zero-order chi connectivity index (χ0) is 9.14. The monoisotopic (exact) mass is 229 g/mol. The molecular formula is C8H8BrNO2. The molecule has 1 aromatic carbocycles. The molecule has 2 N–H and O–H groups in total. The predicted molar refractivity (Wildman–Crippen MR) is 49.1 cm³/mol. The second-order valence-electron chi connectivity index (χ2n) is 2.35. The van der Waals surface area contributed by atoms with E-state index in [1.807, 2.05) is 19.1 Å². The standard InChI is InChI=1S/C8H8BrNO2/c1-5-2-3-7(6(9)4-5)12-8(10)11/h2-4H,1H3,(H2,10,11). The average molecular weight is 230 g/mol. The fourth-order valence-corrected chi connectivity index (χ4v) is 1.37. The van der Waals surface area contributed by atoms with E-state index in [4.69, 9.17) is 10.5 Å². The van der Waals surface area contributed by atoms with E-state index in [1.165, 1.54) is 0 Å². The summed E-state index contributed by atoms with van der Waals surface area (Å²) in [7, 11) is 0. The van der Waals surface area contributed by atoms with Crippen molar-refractivity contribution in [2.75, 3.05) is 0 Å². The van der Waals surface area contributed by atoms with Crippen LogP contribution in [0.4, 0.5) is 4.79 Å². The lowest BCUT2D eigenvalue weighted by Gasteiger charge is -2.03. The zero-order valence-corrected chi connectivity index (χ0v) is 8.09. The van der Waals surface area contributed by atoms with E-state index >= 15 is 0 Å². The van der Waals surface area contributed by atoms with Crippen molar-refractivity contribution in [2.45, 2.75) is 6.92 Å². The van der Waals surface area contributed by atoms with Crippen LogP contribution in [0, 0.1) is 6.92 Å². The second kappa shape index (κ2) is 3.58. The van der Waals surface area contributed by atoms with Crippen molar-refractivity contribution in [3.05, 3.63) is 28.2 Å². The summed E-state index contributed by atoms with van der Waals surface area (Å²) in [5.74, 6) is 0.438. The van der Waals surface area contributed by atoms with Gasteiger partial charge in [-0.3, -0.25) is 0 Å². The minimum atomic E-state index is -0.806. The van der Waals surface area contributed by atoms with Gasteiger partial charge in [0.15, 0.2) is 0 Å². The number of nitrogens with two attached hydrogens (primary N) is 1. The molecule has 0 bridgehead atoms.